The molecule has 0 N–H and O–H groups in total. The van der Waals surface area contributed by atoms with Gasteiger partial charge in [-0.1, -0.05) is 12.1 Å². The molecule has 3 rings (SSSR count). The van der Waals surface area contributed by atoms with E-state index in [-0.39, 0.29) is 5.82 Å². The summed E-state index contributed by atoms with van der Waals surface area (Å²) in [6, 6.07) is 5.72. The molecule has 1 aromatic carbocycles. The predicted octanol–water partition coefficient (Wildman–Crippen LogP) is 1.01. The van der Waals surface area contributed by atoms with E-state index in [1.54, 1.807) is 17.5 Å². The van der Waals surface area contributed by atoms with Crippen molar-refractivity contribution < 1.29 is 14.3 Å². The third kappa shape index (κ3) is 2.43. The molecule has 0 spiro atoms. The first-order chi connectivity index (χ1) is 10.1. The standard InChI is InChI=1S/C14H9FN2O3S/c15-9-3-1-8(2-4-9)10-6-21-13-12(10)14(20)17(7-16-13)5-11(18)19/h1-4,6-7H,5H2,(H,18,19)/p-1. The summed E-state index contributed by atoms with van der Waals surface area (Å²) < 4.78 is 14.0. The second-order valence-corrected chi connectivity index (χ2v) is 5.24. The number of carboxylic acids is 1. The lowest BCUT2D eigenvalue weighted by molar-refractivity contribution is -0.306. The van der Waals surface area contributed by atoms with Crippen LogP contribution in [0.25, 0.3) is 21.3 Å². The van der Waals surface area contributed by atoms with Gasteiger partial charge in [0.1, 0.15) is 10.6 Å². The Morgan fingerprint density at radius 3 is 2.71 bits per heavy atom. The number of benzene rings is 1. The fourth-order valence-electron chi connectivity index (χ4n) is 2.06. The van der Waals surface area contributed by atoms with E-state index in [0.29, 0.717) is 21.3 Å². The maximum Gasteiger partial charge on any atom is 0.263 e. The minimum atomic E-state index is -1.36. The number of halogens is 1. The topological polar surface area (TPSA) is 75.0 Å². The van der Waals surface area contributed by atoms with Crippen LogP contribution in [0.3, 0.4) is 0 Å². The molecule has 0 fully saturated rings. The molecule has 2 aromatic heterocycles. The number of aliphatic carboxylic acids is 1. The Morgan fingerprint density at radius 2 is 2.05 bits per heavy atom. The fourth-order valence-corrected chi connectivity index (χ4v) is 2.97. The molecule has 0 radical (unpaired) electrons. The van der Waals surface area contributed by atoms with Gasteiger partial charge in [-0.05, 0) is 17.7 Å². The number of thiophene rings is 1. The average Bonchev–Trinajstić information content (AvgIpc) is 2.87. The van der Waals surface area contributed by atoms with E-state index in [4.69, 9.17) is 0 Å². The highest BCUT2D eigenvalue weighted by Crippen LogP contribution is 2.30. The van der Waals surface area contributed by atoms with Gasteiger partial charge >= 0.3 is 0 Å². The van der Waals surface area contributed by atoms with Gasteiger partial charge in [0.15, 0.2) is 0 Å². The van der Waals surface area contributed by atoms with Gasteiger partial charge in [0, 0.05) is 10.9 Å². The van der Waals surface area contributed by atoms with Gasteiger partial charge in [0.25, 0.3) is 5.56 Å². The first kappa shape index (κ1) is 13.4. The van der Waals surface area contributed by atoms with Crippen LogP contribution in [0, 0.1) is 5.82 Å². The lowest BCUT2D eigenvalue weighted by Crippen LogP contribution is -2.32. The van der Waals surface area contributed by atoms with Crippen LogP contribution < -0.4 is 10.7 Å². The molecule has 0 saturated carbocycles. The molecule has 0 amide bonds. The molecule has 2 heterocycles. The number of carbonyl (C=O) groups is 1. The summed E-state index contributed by atoms with van der Waals surface area (Å²) in [5.74, 6) is -1.73. The average molecular weight is 303 g/mol. The van der Waals surface area contributed by atoms with Gasteiger partial charge in [-0.15, -0.1) is 11.3 Å². The van der Waals surface area contributed by atoms with Crippen molar-refractivity contribution in [2.24, 2.45) is 0 Å². The third-order valence-corrected chi connectivity index (χ3v) is 3.90. The maximum absolute atomic E-state index is 13.0. The molecule has 7 heteroatoms. The number of carboxylic acid groups (broad SMARTS) is 1. The van der Waals surface area contributed by atoms with E-state index in [0.717, 1.165) is 4.57 Å². The van der Waals surface area contributed by atoms with Crippen molar-refractivity contribution in [3.63, 3.8) is 0 Å². The summed E-state index contributed by atoms with van der Waals surface area (Å²) in [4.78, 5) is 27.6. The Hall–Kier alpha value is -2.54. The van der Waals surface area contributed by atoms with E-state index in [9.17, 15) is 19.1 Å². The van der Waals surface area contributed by atoms with Crippen LogP contribution in [-0.4, -0.2) is 15.5 Å². The van der Waals surface area contributed by atoms with Crippen LogP contribution in [0.4, 0.5) is 4.39 Å². The zero-order valence-electron chi connectivity index (χ0n) is 10.6. The van der Waals surface area contributed by atoms with E-state index < -0.39 is 18.1 Å². The minimum absolute atomic E-state index is 0.329. The molecule has 0 unspecified atom stereocenters. The van der Waals surface area contributed by atoms with E-state index in [2.05, 4.69) is 4.98 Å². The highest BCUT2D eigenvalue weighted by atomic mass is 32.1. The summed E-state index contributed by atoms with van der Waals surface area (Å²) in [6.45, 7) is -0.555. The highest BCUT2D eigenvalue weighted by Gasteiger charge is 2.13. The molecule has 0 saturated heterocycles. The highest BCUT2D eigenvalue weighted by molar-refractivity contribution is 7.17. The van der Waals surface area contributed by atoms with Gasteiger partial charge in [-0.2, -0.15) is 0 Å². The van der Waals surface area contributed by atoms with Crippen molar-refractivity contribution in [3.05, 3.63) is 52.1 Å². The largest absolute Gasteiger partial charge is 0.548 e. The summed E-state index contributed by atoms with van der Waals surface area (Å²) >= 11 is 1.27. The summed E-state index contributed by atoms with van der Waals surface area (Å²) in [5.41, 5.74) is 0.831. The van der Waals surface area contributed by atoms with Crippen LogP contribution in [0.2, 0.25) is 0 Å². The SMILES string of the molecule is O=C([O-])Cn1cnc2scc(-c3ccc(F)cc3)c2c1=O. The Kier molecular flexibility index (Phi) is 3.26. The van der Waals surface area contributed by atoms with Crippen LogP contribution in [-0.2, 0) is 11.3 Å². The molecule has 5 nitrogen and oxygen atoms in total. The van der Waals surface area contributed by atoms with E-state index >= 15 is 0 Å². The van der Waals surface area contributed by atoms with Gasteiger partial charge in [0.2, 0.25) is 0 Å². The van der Waals surface area contributed by atoms with Crippen molar-refractivity contribution in [2.75, 3.05) is 0 Å². The number of fused-ring (bicyclic) bond motifs is 1. The number of carbonyl (C=O) groups excluding carboxylic acids is 1. The molecule has 0 bridgehead atoms. The zero-order chi connectivity index (χ0) is 15.0. The molecule has 0 aliphatic carbocycles. The molecule has 0 aliphatic heterocycles. The number of nitrogens with zero attached hydrogens (tertiary/aromatic N) is 2. The van der Waals surface area contributed by atoms with Gasteiger partial charge in [-0.3, -0.25) is 9.36 Å². The second-order valence-electron chi connectivity index (χ2n) is 4.39. The first-order valence-electron chi connectivity index (χ1n) is 5.98. The van der Waals surface area contributed by atoms with Crippen molar-refractivity contribution in [2.45, 2.75) is 6.54 Å². The van der Waals surface area contributed by atoms with Gasteiger partial charge < -0.3 is 9.90 Å². The number of rotatable bonds is 3. The fraction of sp³-hybridized carbons (Fsp3) is 0.0714. The lowest BCUT2D eigenvalue weighted by atomic mass is 10.1. The van der Waals surface area contributed by atoms with Crippen molar-refractivity contribution in [1.29, 1.82) is 0 Å². The molecule has 0 aliphatic rings. The quantitative estimate of drug-likeness (QED) is 0.724. The number of hydrogen-bond donors (Lipinski definition) is 0. The van der Waals surface area contributed by atoms with Gasteiger partial charge in [-0.25, -0.2) is 9.37 Å². The second kappa shape index (κ2) is 5.10. The predicted molar refractivity (Wildman–Crippen MR) is 74.3 cm³/mol. The zero-order valence-corrected chi connectivity index (χ0v) is 11.4. The first-order valence-corrected chi connectivity index (χ1v) is 6.86. The molecule has 21 heavy (non-hydrogen) atoms. The van der Waals surface area contributed by atoms with Crippen LogP contribution in [0.5, 0.6) is 0 Å². The Labute approximate surface area is 121 Å². The van der Waals surface area contributed by atoms with E-state index in [1.165, 1.54) is 29.8 Å². The third-order valence-electron chi connectivity index (χ3n) is 3.02. The maximum atomic E-state index is 13.0. The van der Waals surface area contributed by atoms with Crippen LogP contribution in [0.15, 0.2) is 40.8 Å². The lowest BCUT2D eigenvalue weighted by Gasteiger charge is -2.06. The van der Waals surface area contributed by atoms with Crippen molar-refractivity contribution in [3.8, 4) is 11.1 Å². The van der Waals surface area contributed by atoms with Crippen molar-refractivity contribution >= 4 is 27.5 Å². The molecule has 0 atom stereocenters. The monoisotopic (exact) mass is 303 g/mol. The Balaban J connectivity index is 2.22. The Morgan fingerprint density at radius 1 is 1.33 bits per heavy atom. The van der Waals surface area contributed by atoms with E-state index in [1.807, 2.05) is 0 Å². The summed E-state index contributed by atoms with van der Waals surface area (Å²) in [5, 5.41) is 12.7. The van der Waals surface area contributed by atoms with Crippen molar-refractivity contribution in [1.82, 2.24) is 9.55 Å². The molecule has 3 aromatic rings. The number of aromatic nitrogens is 2. The molecular formula is C14H8FN2O3S-. The minimum Gasteiger partial charge on any atom is -0.548 e. The van der Waals surface area contributed by atoms with Crippen LogP contribution >= 0.6 is 11.3 Å². The van der Waals surface area contributed by atoms with Gasteiger partial charge in [0.05, 0.1) is 24.2 Å². The van der Waals surface area contributed by atoms with Crippen LogP contribution in [0.1, 0.15) is 0 Å². The number of hydrogen-bond acceptors (Lipinski definition) is 5. The summed E-state index contributed by atoms with van der Waals surface area (Å²) in [6.07, 6.45) is 1.19. The Bertz CT molecular complexity index is 883. The normalized spacial score (nSPS) is 10.9. The molecular weight excluding hydrogens is 295 g/mol. The summed E-state index contributed by atoms with van der Waals surface area (Å²) in [7, 11) is 0. The smallest absolute Gasteiger partial charge is 0.263 e. The molecule has 106 valence electrons.